The molecule has 0 unspecified atom stereocenters. The molecule has 0 radical (unpaired) electrons. The van der Waals surface area contributed by atoms with Crippen LogP contribution in [0.2, 0.25) is 0 Å². The van der Waals surface area contributed by atoms with Crippen molar-refractivity contribution in [2.45, 2.75) is 4.90 Å². The Hall–Kier alpha value is -4.32. The van der Waals surface area contributed by atoms with E-state index in [2.05, 4.69) is 10.3 Å². The maximum atomic E-state index is 11.6. The van der Waals surface area contributed by atoms with Gasteiger partial charge in [0.2, 0.25) is 15.2 Å². The Bertz CT molecular complexity index is 1660. The molecule has 0 spiro atoms. The van der Waals surface area contributed by atoms with E-state index in [0.29, 0.717) is 22.2 Å². The molecule has 0 saturated heterocycles. The van der Waals surface area contributed by atoms with Gasteiger partial charge in [-0.2, -0.15) is 5.10 Å². The molecule has 0 aliphatic carbocycles. The highest BCUT2D eigenvalue weighted by atomic mass is 32.2. The maximum Gasteiger partial charge on any atom is 0.355 e. The summed E-state index contributed by atoms with van der Waals surface area (Å²) in [6, 6.07) is 23.9. The second kappa shape index (κ2) is 9.38. The van der Waals surface area contributed by atoms with Gasteiger partial charge in [0.15, 0.2) is 5.69 Å². The molecular formula is C25H19N5O4S2. The van der Waals surface area contributed by atoms with Crippen molar-refractivity contribution in [3.8, 4) is 27.5 Å². The molecule has 5 rings (SSSR count). The lowest BCUT2D eigenvalue weighted by Gasteiger charge is -2.09. The number of benzene rings is 3. The number of anilines is 2. The normalized spacial score (nSPS) is 11.4. The first-order valence-corrected chi connectivity index (χ1v) is 13.1. The quantitative estimate of drug-likeness (QED) is 0.283. The molecule has 3 aromatic carbocycles. The van der Waals surface area contributed by atoms with Crippen molar-refractivity contribution in [3.63, 3.8) is 0 Å². The van der Waals surface area contributed by atoms with Crippen LogP contribution >= 0.6 is 11.3 Å². The van der Waals surface area contributed by atoms with Gasteiger partial charge in [-0.3, -0.25) is 0 Å². The van der Waals surface area contributed by atoms with Crippen molar-refractivity contribution in [2.24, 2.45) is 5.14 Å². The average molecular weight is 518 g/mol. The summed E-state index contributed by atoms with van der Waals surface area (Å²) in [6.07, 6.45) is 1.71. The molecule has 0 amide bonds. The van der Waals surface area contributed by atoms with Gasteiger partial charge in [0.25, 0.3) is 0 Å². The highest BCUT2D eigenvalue weighted by Gasteiger charge is 2.17. The number of nitrogens with two attached hydrogens (primary N) is 1. The summed E-state index contributed by atoms with van der Waals surface area (Å²) in [4.78, 5) is 15.5. The van der Waals surface area contributed by atoms with Gasteiger partial charge in [-0.05, 0) is 41.5 Å². The number of carbonyl (C=O) groups is 1. The van der Waals surface area contributed by atoms with Gasteiger partial charge in [-0.15, -0.1) is 11.3 Å². The molecule has 0 saturated carbocycles. The third kappa shape index (κ3) is 4.89. The van der Waals surface area contributed by atoms with Gasteiger partial charge >= 0.3 is 5.97 Å². The van der Waals surface area contributed by atoms with E-state index in [-0.39, 0.29) is 10.6 Å². The highest BCUT2D eigenvalue weighted by molar-refractivity contribution is 7.89. The maximum absolute atomic E-state index is 11.6. The third-order valence-electron chi connectivity index (χ3n) is 5.33. The molecule has 2 aromatic heterocycles. The molecule has 0 bridgehead atoms. The Kier molecular flexibility index (Phi) is 6.10. The van der Waals surface area contributed by atoms with Crippen molar-refractivity contribution in [1.29, 1.82) is 0 Å². The standard InChI is InChI=1S/C25H19N5O4S2/c26-36(33,34)20-11-9-19(10-12-20)27-21-14-30(25-28-22(15-35-25)24(31)32)29-23(21)18-8-4-7-17(13-18)16-5-2-1-3-6-16/h1-15,27H,(H,31,32)(H2,26,33,34). The number of aromatic carboxylic acids is 1. The summed E-state index contributed by atoms with van der Waals surface area (Å²) >= 11 is 1.16. The number of carboxylic acid groups (broad SMARTS) is 1. The minimum atomic E-state index is -3.81. The van der Waals surface area contributed by atoms with Crippen LogP contribution in [0.1, 0.15) is 10.5 Å². The van der Waals surface area contributed by atoms with E-state index in [1.165, 1.54) is 22.2 Å². The highest BCUT2D eigenvalue weighted by Crippen LogP contribution is 2.33. The predicted molar refractivity (Wildman–Crippen MR) is 138 cm³/mol. The Morgan fingerprint density at radius 1 is 0.944 bits per heavy atom. The van der Waals surface area contributed by atoms with Crippen LogP contribution in [-0.4, -0.2) is 34.3 Å². The van der Waals surface area contributed by atoms with E-state index in [9.17, 15) is 18.3 Å². The lowest BCUT2D eigenvalue weighted by Crippen LogP contribution is -2.11. The van der Waals surface area contributed by atoms with Crippen LogP contribution in [0.25, 0.3) is 27.5 Å². The fourth-order valence-corrected chi connectivity index (χ4v) is 4.84. The number of rotatable bonds is 7. The van der Waals surface area contributed by atoms with Gasteiger partial charge in [-0.1, -0.05) is 48.5 Å². The first kappa shape index (κ1) is 23.4. The van der Waals surface area contributed by atoms with Gasteiger partial charge in [-0.25, -0.2) is 28.0 Å². The van der Waals surface area contributed by atoms with Gasteiger partial charge in [0.05, 0.1) is 16.8 Å². The number of nitrogens with one attached hydrogen (secondary N) is 1. The van der Waals surface area contributed by atoms with E-state index >= 15 is 0 Å². The molecule has 9 nitrogen and oxygen atoms in total. The molecule has 0 atom stereocenters. The monoisotopic (exact) mass is 517 g/mol. The van der Waals surface area contributed by atoms with Gasteiger partial charge in [0, 0.05) is 16.6 Å². The fraction of sp³-hybridized carbons (Fsp3) is 0. The summed E-state index contributed by atoms with van der Waals surface area (Å²) in [5.74, 6) is -1.12. The minimum Gasteiger partial charge on any atom is -0.476 e. The molecule has 0 aliphatic heterocycles. The Morgan fingerprint density at radius 3 is 2.31 bits per heavy atom. The second-order valence-corrected chi connectivity index (χ2v) is 10.2. The molecule has 0 fully saturated rings. The molecule has 5 aromatic rings. The van der Waals surface area contributed by atoms with Crippen LogP contribution in [0.5, 0.6) is 0 Å². The number of thiazole rings is 1. The van der Waals surface area contributed by atoms with E-state index in [1.807, 2.05) is 54.6 Å². The number of hydrogen-bond donors (Lipinski definition) is 3. The van der Waals surface area contributed by atoms with Crippen LogP contribution in [0, 0.1) is 0 Å². The zero-order valence-corrected chi connectivity index (χ0v) is 20.2. The Labute approximate surface area is 210 Å². The van der Waals surface area contributed by atoms with E-state index in [4.69, 9.17) is 10.2 Å². The first-order chi connectivity index (χ1) is 17.3. The number of primary sulfonamides is 1. The van der Waals surface area contributed by atoms with Crippen LogP contribution in [0.3, 0.4) is 0 Å². The number of carboxylic acids is 1. The van der Waals surface area contributed by atoms with Crippen LogP contribution < -0.4 is 10.5 Å². The zero-order valence-electron chi connectivity index (χ0n) is 18.6. The molecule has 2 heterocycles. The summed E-state index contributed by atoms with van der Waals surface area (Å²) in [5, 5.41) is 24.3. The lowest BCUT2D eigenvalue weighted by atomic mass is 10.0. The molecule has 4 N–H and O–H groups in total. The molecule has 11 heteroatoms. The van der Waals surface area contributed by atoms with E-state index < -0.39 is 16.0 Å². The SMILES string of the molecule is NS(=O)(=O)c1ccc(Nc2cn(-c3nc(C(=O)O)cs3)nc2-c2cccc(-c3ccccc3)c2)cc1. The second-order valence-electron chi connectivity index (χ2n) is 7.80. The Morgan fingerprint density at radius 2 is 1.64 bits per heavy atom. The number of sulfonamides is 1. The number of aromatic nitrogens is 3. The van der Waals surface area contributed by atoms with Crippen molar-refractivity contribution < 1.29 is 18.3 Å². The van der Waals surface area contributed by atoms with Crippen molar-refractivity contribution in [2.75, 3.05) is 5.32 Å². The van der Waals surface area contributed by atoms with Crippen LogP contribution in [0.15, 0.2) is 95.3 Å². The summed E-state index contributed by atoms with van der Waals surface area (Å²) in [5.41, 5.74) is 4.67. The fourth-order valence-electron chi connectivity index (χ4n) is 3.60. The lowest BCUT2D eigenvalue weighted by molar-refractivity contribution is 0.0691. The number of hydrogen-bond acceptors (Lipinski definition) is 7. The first-order valence-electron chi connectivity index (χ1n) is 10.6. The van der Waals surface area contributed by atoms with E-state index in [1.54, 1.807) is 18.3 Å². The zero-order chi connectivity index (χ0) is 25.3. The minimum absolute atomic E-state index is 0.00326. The van der Waals surface area contributed by atoms with Gasteiger partial charge in [0.1, 0.15) is 5.69 Å². The smallest absolute Gasteiger partial charge is 0.355 e. The van der Waals surface area contributed by atoms with Gasteiger partial charge < -0.3 is 10.4 Å². The summed E-state index contributed by atoms with van der Waals surface area (Å²) < 4.78 is 24.7. The largest absolute Gasteiger partial charge is 0.476 e. The predicted octanol–water partition coefficient (Wildman–Crippen LogP) is 4.75. The van der Waals surface area contributed by atoms with Crippen molar-refractivity contribution in [1.82, 2.24) is 14.8 Å². The summed E-state index contributed by atoms with van der Waals surface area (Å²) in [7, 11) is -3.81. The van der Waals surface area contributed by atoms with E-state index in [0.717, 1.165) is 28.0 Å². The molecular weight excluding hydrogens is 498 g/mol. The summed E-state index contributed by atoms with van der Waals surface area (Å²) in [6.45, 7) is 0. The Balaban J connectivity index is 1.58. The van der Waals surface area contributed by atoms with Crippen LogP contribution in [-0.2, 0) is 10.0 Å². The third-order valence-corrected chi connectivity index (χ3v) is 7.09. The van der Waals surface area contributed by atoms with Crippen molar-refractivity contribution >= 4 is 38.7 Å². The topological polar surface area (TPSA) is 140 Å². The molecule has 180 valence electrons. The number of nitrogens with zero attached hydrogens (tertiary/aromatic N) is 3. The van der Waals surface area contributed by atoms with Crippen LogP contribution in [0.4, 0.5) is 11.4 Å². The molecule has 36 heavy (non-hydrogen) atoms. The average Bonchev–Trinajstić information content (AvgIpc) is 3.52. The molecule has 0 aliphatic rings. The van der Waals surface area contributed by atoms with Crippen molar-refractivity contribution in [3.05, 3.63) is 96.1 Å².